The highest BCUT2D eigenvalue weighted by Gasteiger charge is 2.04. The second kappa shape index (κ2) is 4.49. The molecule has 4 heteroatoms. The van der Waals surface area contributed by atoms with Crippen molar-refractivity contribution in [3.63, 3.8) is 0 Å². The Morgan fingerprint density at radius 3 is 2.25 bits per heavy atom. The van der Waals surface area contributed by atoms with Gasteiger partial charge in [-0.25, -0.2) is 0 Å². The van der Waals surface area contributed by atoms with Crippen LogP contribution in [0.1, 0.15) is 6.92 Å². The van der Waals surface area contributed by atoms with Crippen molar-refractivity contribution in [3.8, 4) is 5.75 Å². The first-order valence-electron chi connectivity index (χ1n) is 3.42. The zero-order valence-electron chi connectivity index (χ0n) is 6.40. The van der Waals surface area contributed by atoms with E-state index in [0.717, 1.165) is 14.7 Å². The third-order valence-corrected chi connectivity index (χ3v) is 3.38. The molecule has 66 valence electrons. The van der Waals surface area contributed by atoms with Crippen LogP contribution in [0.2, 0.25) is 5.02 Å². The van der Waals surface area contributed by atoms with Gasteiger partial charge in [0.2, 0.25) is 0 Å². The van der Waals surface area contributed by atoms with Gasteiger partial charge in [-0.2, -0.15) is 0 Å². The number of hydrogen-bond donors (Lipinski definition) is 0. The number of hydrogen-bond acceptors (Lipinski definition) is 1. The van der Waals surface area contributed by atoms with Crippen LogP contribution in [0.3, 0.4) is 0 Å². The van der Waals surface area contributed by atoms with Gasteiger partial charge in [-0.1, -0.05) is 11.6 Å². The molecule has 0 unspecified atom stereocenters. The average Bonchev–Trinajstić information content (AvgIpc) is 2.01. The molecule has 0 spiro atoms. The fraction of sp³-hybridized carbons (Fsp3) is 0.250. The topological polar surface area (TPSA) is 9.23 Å². The Kier molecular flexibility index (Phi) is 3.87. The first-order chi connectivity index (χ1) is 5.65. The van der Waals surface area contributed by atoms with Gasteiger partial charge < -0.3 is 4.74 Å². The number of ether oxygens (including phenoxy) is 1. The van der Waals surface area contributed by atoms with Crippen LogP contribution >= 0.6 is 43.5 Å². The minimum absolute atomic E-state index is 0.653. The van der Waals surface area contributed by atoms with Crippen LogP contribution in [0.4, 0.5) is 0 Å². The Bertz CT molecular complexity index is 265. The van der Waals surface area contributed by atoms with E-state index in [1.165, 1.54) is 0 Å². The van der Waals surface area contributed by atoms with Crippen molar-refractivity contribution in [2.75, 3.05) is 6.61 Å². The Morgan fingerprint density at radius 1 is 1.33 bits per heavy atom. The van der Waals surface area contributed by atoms with Crippen LogP contribution in [0.15, 0.2) is 21.1 Å². The molecule has 0 bridgehead atoms. The van der Waals surface area contributed by atoms with Crippen LogP contribution < -0.4 is 4.74 Å². The number of halogens is 3. The van der Waals surface area contributed by atoms with E-state index in [0.29, 0.717) is 11.6 Å². The summed E-state index contributed by atoms with van der Waals surface area (Å²) in [4.78, 5) is 0. The molecule has 0 fully saturated rings. The average molecular weight is 314 g/mol. The van der Waals surface area contributed by atoms with E-state index in [-0.39, 0.29) is 0 Å². The lowest BCUT2D eigenvalue weighted by atomic mass is 10.3. The lowest BCUT2D eigenvalue weighted by Gasteiger charge is -2.05. The largest absolute Gasteiger partial charge is 0.494 e. The summed E-state index contributed by atoms with van der Waals surface area (Å²) in [6.07, 6.45) is 0. The summed E-state index contributed by atoms with van der Waals surface area (Å²) in [6, 6.07) is 3.69. The molecule has 1 aromatic rings. The van der Waals surface area contributed by atoms with Crippen molar-refractivity contribution in [2.45, 2.75) is 6.92 Å². The van der Waals surface area contributed by atoms with Crippen LogP contribution in [0.5, 0.6) is 5.75 Å². The van der Waals surface area contributed by atoms with Gasteiger partial charge in [-0.05, 0) is 50.9 Å². The lowest BCUT2D eigenvalue weighted by molar-refractivity contribution is 0.340. The van der Waals surface area contributed by atoms with Gasteiger partial charge in [0.25, 0.3) is 0 Å². The maximum absolute atomic E-state index is 5.90. The molecule has 0 heterocycles. The zero-order valence-corrected chi connectivity index (χ0v) is 10.3. The fourth-order valence-electron chi connectivity index (χ4n) is 0.782. The predicted octanol–water partition coefficient (Wildman–Crippen LogP) is 4.26. The summed E-state index contributed by atoms with van der Waals surface area (Å²) >= 11 is 12.6. The summed E-state index contributed by atoms with van der Waals surface area (Å²) in [5.41, 5.74) is 0. The maximum Gasteiger partial charge on any atom is 0.121 e. The Hall–Kier alpha value is 0.270. The van der Waals surface area contributed by atoms with E-state index >= 15 is 0 Å². The molecule has 0 aromatic heterocycles. The molecule has 0 N–H and O–H groups in total. The van der Waals surface area contributed by atoms with Gasteiger partial charge in [-0.15, -0.1) is 0 Å². The molecular weight excluding hydrogens is 307 g/mol. The standard InChI is InChI=1S/C8H7Br2ClO/c1-2-12-5-3-6(9)8(11)7(10)4-5/h3-4H,2H2,1H3. The van der Waals surface area contributed by atoms with Gasteiger partial charge in [-0.3, -0.25) is 0 Å². The highest BCUT2D eigenvalue weighted by Crippen LogP contribution is 2.34. The van der Waals surface area contributed by atoms with Gasteiger partial charge in [0, 0.05) is 8.95 Å². The van der Waals surface area contributed by atoms with Gasteiger partial charge in [0.05, 0.1) is 11.6 Å². The summed E-state index contributed by atoms with van der Waals surface area (Å²) < 4.78 is 6.97. The minimum Gasteiger partial charge on any atom is -0.494 e. The quantitative estimate of drug-likeness (QED) is 0.741. The van der Waals surface area contributed by atoms with Crippen LogP contribution in [-0.4, -0.2) is 6.61 Å². The fourth-order valence-corrected chi connectivity index (χ4v) is 2.04. The Labute approximate surface area is 93.3 Å². The third kappa shape index (κ3) is 2.38. The summed E-state index contributed by atoms with van der Waals surface area (Å²) in [6.45, 7) is 2.59. The van der Waals surface area contributed by atoms with Gasteiger partial charge in [0.15, 0.2) is 0 Å². The molecule has 0 atom stereocenters. The first kappa shape index (κ1) is 10.4. The monoisotopic (exact) mass is 312 g/mol. The van der Waals surface area contributed by atoms with E-state index in [1.54, 1.807) is 0 Å². The molecule has 0 aliphatic carbocycles. The second-order valence-electron chi connectivity index (χ2n) is 2.13. The van der Waals surface area contributed by atoms with Crippen molar-refractivity contribution in [1.29, 1.82) is 0 Å². The van der Waals surface area contributed by atoms with E-state index in [2.05, 4.69) is 31.9 Å². The normalized spacial score (nSPS) is 10.0. The highest BCUT2D eigenvalue weighted by molar-refractivity contribution is 9.11. The molecular formula is C8H7Br2ClO. The molecule has 0 aliphatic rings. The van der Waals surface area contributed by atoms with Crippen LogP contribution in [0, 0.1) is 0 Å². The van der Waals surface area contributed by atoms with E-state index in [9.17, 15) is 0 Å². The summed E-state index contributed by atoms with van der Waals surface area (Å²) in [7, 11) is 0. The van der Waals surface area contributed by atoms with E-state index in [1.807, 2.05) is 19.1 Å². The van der Waals surface area contributed by atoms with Gasteiger partial charge >= 0.3 is 0 Å². The smallest absolute Gasteiger partial charge is 0.121 e. The second-order valence-corrected chi connectivity index (χ2v) is 4.22. The van der Waals surface area contributed by atoms with Crippen molar-refractivity contribution in [2.24, 2.45) is 0 Å². The van der Waals surface area contributed by atoms with Gasteiger partial charge in [0.1, 0.15) is 5.75 Å². The van der Waals surface area contributed by atoms with E-state index in [4.69, 9.17) is 16.3 Å². The molecule has 12 heavy (non-hydrogen) atoms. The van der Waals surface area contributed by atoms with Crippen LogP contribution in [-0.2, 0) is 0 Å². The van der Waals surface area contributed by atoms with Crippen molar-refractivity contribution < 1.29 is 4.74 Å². The minimum atomic E-state index is 0.653. The van der Waals surface area contributed by atoms with Crippen LogP contribution in [0.25, 0.3) is 0 Å². The first-order valence-corrected chi connectivity index (χ1v) is 5.39. The number of benzene rings is 1. The predicted molar refractivity (Wildman–Crippen MR) is 58.0 cm³/mol. The maximum atomic E-state index is 5.90. The molecule has 0 saturated carbocycles. The molecule has 0 saturated heterocycles. The number of rotatable bonds is 2. The molecule has 0 radical (unpaired) electrons. The summed E-state index contributed by atoms with van der Waals surface area (Å²) in [5, 5.41) is 0.665. The van der Waals surface area contributed by atoms with Crippen molar-refractivity contribution in [1.82, 2.24) is 0 Å². The molecule has 1 nitrogen and oxygen atoms in total. The molecule has 1 rings (SSSR count). The molecule has 0 aliphatic heterocycles. The third-order valence-electron chi connectivity index (χ3n) is 1.27. The SMILES string of the molecule is CCOc1cc(Br)c(Cl)c(Br)c1. The zero-order chi connectivity index (χ0) is 9.14. The molecule has 0 amide bonds. The lowest BCUT2D eigenvalue weighted by Crippen LogP contribution is -1.91. The molecule has 1 aromatic carbocycles. The highest BCUT2D eigenvalue weighted by atomic mass is 79.9. The Morgan fingerprint density at radius 2 is 1.83 bits per heavy atom. The van der Waals surface area contributed by atoms with Crippen molar-refractivity contribution in [3.05, 3.63) is 26.1 Å². The van der Waals surface area contributed by atoms with E-state index < -0.39 is 0 Å². The summed E-state index contributed by atoms with van der Waals surface area (Å²) in [5.74, 6) is 0.806. The Balaban J connectivity index is 3.04. The van der Waals surface area contributed by atoms with Crippen molar-refractivity contribution >= 4 is 43.5 Å².